The predicted molar refractivity (Wildman–Crippen MR) is 82.3 cm³/mol. The molecule has 0 aliphatic heterocycles. The van der Waals surface area contributed by atoms with E-state index >= 15 is 0 Å². The van der Waals surface area contributed by atoms with Gasteiger partial charge in [-0.25, -0.2) is 4.98 Å². The van der Waals surface area contributed by atoms with Crippen LogP contribution in [-0.2, 0) is 6.42 Å². The first-order chi connectivity index (χ1) is 9.81. The van der Waals surface area contributed by atoms with Gasteiger partial charge in [0.25, 0.3) is 0 Å². The summed E-state index contributed by atoms with van der Waals surface area (Å²) < 4.78 is 5.93. The number of nitrogens with zero attached hydrogens (tertiary/aromatic N) is 2. The molecule has 1 saturated carbocycles. The van der Waals surface area contributed by atoms with E-state index in [0.29, 0.717) is 5.92 Å². The van der Waals surface area contributed by atoms with Crippen LogP contribution in [0.1, 0.15) is 58.2 Å². The second kappa shape index (κ2) is 8.08. The number of hydrogen-bond acceptors (Lipinski definition) is 4. The molecule has 4 nitrogen and oxygen atoms in total. The fraction of sp³-hybridized carbons (Fsp3) is 0.750. The Morgan fingerprint density at radius 2 is 2.00 bits per heavy atom. The van der Waals surface area contributed by atoms with Crippen molar-refractivity contribution in [2.75, 3.05) is 18.5 Å². The minimum Gasteiger partial charge on any atom is -0.477 e. The van der Waals surface area contributed by atoms with Crippen LogP contribution < -0.4 is 10.1 Å². The summed E-state index contributed by atoms with van der Waals surface area (Å²) in [5.41, 5.74) is 0. The molecule has 0 unspecified atom stereocenters. The highest BCUT2D eigenvalue weighted by atomic mass is 16.5. The monoisotopic (exact) mass is 277 g/mol. The summed E-state index contributed by atoms with van der Waals surface area (Å²) in [5, 5.41) is 3.25. The SMILES string of the molecule is CCCc1nc(NCC)cc(OCC2CCCCC2)n1. The average Bonchev–Trinajstić information content (AvgIpc) is 2.47. The van der Waals surface area contributed by atoms with E-state index in [1.54, 1.807) is 0 Å². The molecule has 1 N–H and O–H groups in total. The van der Waals surface area contributed by atoms with Crippen LogP contribution >= 0.6 is 0 Å². The maximum atomic E-state index is 5.93. The molecule has 0 radical (unpaired) electrons. The average molecular weight is 277 g/mol. The molecule has 0 amide bonds. The van der Waals surface area contributed by atoms with Gasteiger partial charge in [0.05, 0.1) is 6.61 Å². The van der Waals surface area contributed by atoms with Gasteiger partial charge >= 0.3 is 0 Å². The summed E-state index contributed by atoms with van der Waals surface area (Å²) >= 11 is 0. The lowest BCUT2D eigenvalue weighted by Gasteiger charge is -2.21. The van der Waals surface area contributed by atoms with Gasteiger partial charge in [0.2, 0.25) is 5.88 Å². The van der Waals surface area contributed by atoms with E-state index in [9.17, 15) is 0 Å². The topological polar surface area (TPSA) is 47.0 Å². The maximum absolute atomic E-state index is 5.93. The third kappa shape index (κ3) is 4.66. The van der Waals surface area contributed by atoms with Crippen LogP contribution in [-0.4, -0.2) is 23.1 Å². The molecule has 112 valence electrons. The van der Waals surface area contributed by atoms with Crippen molar-refractivity contribution in [3.63, 3.8) is 0 Å². The second-order valence-corrected chi connectivity index (χ2v) is 5.60. The van der Waals surface area contributed by atoms with Gasteiger partial charge in [-0.15, -0.1) is 0 Å². The molecule has 0 saturated heterocycles. The lowest BCUT2D eigenvalue weighted by molar-refractivity contribution is 0.202. The summed E-state index contributed by atoms with van der Waals surface area (Å²) in [6.07, 6.45) is 8.63. The molecule has 2 rings (SSSR count). The fourth-order valence-corrected chi connectivity index (χ4v) is 2.71. The molecule has 0 spiro atoms. The van der Waals surface area contributed by atoms with Crippen molar-refractivity contribution in [1.82, 2.24) is 9.97 Å². The third-order valence-corrected chi connectivity index (χ3v) is 3.77. The first-order valence-electron chi connectivity index (χ1n) is 8.06. The van der Waals surface area contributed by atoms with Crippen LogP contribution in [0.15, 0.2) is 6.07 Å². The van der Waals surface area contributed by atoms with Crippen molar-refractivity contribution < 1.29 is 4.74 Å². The number of hydrogen-bond donors (Lipinski definition) is 1. The van der Waals surface area contributed by atoms with Gasteiger partial charge in [0.15, 0.2) is 0 Å². The Morgan fingerprint density at radius 1 is 1.20 bits per heavy atom. The Kier molecular flexibility index (Phi) is 6.09. The molecule has 1 fully saturated rings. The molecule has 1 aliphatic rings. The van der Waals surface area contributed by atoms with Gasteiger partial charge in [-0.3, -0.25) is 0 Å². The summed E-state index contributed by atoms with van der Waals surface area (Å²) in [5.74, 6) is 3.19. The lowest BCUT2D eigenvalue weighted by atomic mass is 9.90. The molecule has 1 aromatic heterocycles. The number of ether oxygens (including phenoxy) is 1. The molecule has 1 aliphatic carbocycles. The van der Waals surface area contributed by atoms with E-state index in [1.165, 1.54) is 32.1 Å². The summed E-state index contributed by atoms with van der Waals surface area (Å²) in [7, 11) is 0. The van der Waals surface area contributed by atoms with Gasteiger partial charge in [0, 0.05) is 19.0 Å². The smallest absolute Gasteiger partial charge is 0.218 e. The van der Waals surface area contributed by atoms with Crippen molar-refractivity contribution >= 4 is 5.82 Å². The number of rotatable bonds is 7. The molecular formula is C16H27N3O. The quantitative estimate of drug-likeness (QED) is 0.823. The van der Waals surface area contributed by atoms with E-state index in [2.05, 4.69) is 29.1 Å². The van der Waals surface area contributed by atoms with Crippen LogP contribution in [0.2, 0.25) is 0 Å². The molecule has 1 aromatic rings. The van der Waals surface area contributed by atoms with E-state index in [1.807, 2.05) is 6.07 Å². The van der Waals surface area contributed by atoms with Crippen LogP contribution in [0.5, 0.6) is 5.88 Å². The Morgan fingerprint density at radius 3 is 2.70 bits per heavy atom. The fourth-order valence-electron chi connectivity index (χ4n) is 2.71. The largest absolute Gasteiger partial charge is 0.477 e. The molecule has 0 atom stereocenters. The zero-order chi connectivity index (χ0) is 14.2. The Labute approximate surface area is 122 Å². The summed E-state index contributed by atoms with van der Waals surface area (Å²) in [4.78, 5) is 9.02. The van der Waals surface area contributed by atoms with E-state index in [-0.39, 0.29) is 0 Å². The van der Waals surface area contributed by atoms with E-state index in [0.717, 1.165) is 43.5 Å². The van der Waals surface area contributed by atoms with E-state index < -0.39 is 0 Å². The molecule has 4 heteroatoms. The van der Waals surface area contributed by atoms with E-state index in [4.69, 9.17) is 4.74 Å². The van der Waals surface area contributed by atoms with Crippen molar-refractivity contribution in [2.45, 2.75) is 58.8 Å². The van der Waals surface area contributed by atoms with Gasteiger partial charge in [-0.05, 0) is 32.1 Å². The maximum Gasteiger partial charge on any atom is 0.218 e. The van der Waals surface area contributed by atoms with Crippen LogP contribution in [0, 0.1) is 5.92 Å². The first-order valence-corrected chi connectivity index (χ1v) is 8.06. The Hall–Kier alpha value is -1.32. The number of nitrogens with one attached hydrogen (secondary N) is 1. The van der Waals surface area contributed by atoms with Gasteiger partial charge in [-0.1, -0.05) is 26.2 Å². The molecule has 0 bridgehead atoms. The number of anilines is 1. The van der Waals surface area contributed by atoms with Crippen LogP contribution in [0.25, 0.3) is 0 Å². The summed E-state index contributed by atoms with van der Waals surface area (Å²) in [6, 6.07) is 1.92. The van der Waals surface area contributed by atoms with Crippen molar-refractivity contribution in [3.8, 4) is 5.88 Å². The Balaban J connectivity index is 1.97. The zero-order valence-electron chi connectivity index (χ0n) is 12.8. The lowest BCUT2D eigenvalue weighted by Crippen LogP contribution is -2.16. The second-order valence-electron chi connectivity index (χ2n) is 5.60. The minimum atomic E-state index is 0.705. The Bertz CT molecular complexity index is 378. The van der Waals surface area contributed by atoms with Gasteiger partial charge in [-0.2, -0.15) is 4.98 Å². The zero-order valence-corrected chi connectivity index (χ0v) is 12.8. The number of aryl methyl sites for hydroxylation is 1. The molecule has 20 heavy (non-hydrogen) atoms. The number of aromatic nitrogens is 2. The first kappa shape index (κ1) is 15.1. The molecular weight excluding hydrogens is 250 g/mol. The van der Waals surface area contributed by atoms with Crippen molar-refractivity contribution in [1.29, 1.82) is 0 Å². The highest BCUT2D eigenvalue weighted by Gasteiger charge is 2.14. The highest BCUT2D eigenvalue weighted by molar-refractivity contribution is 5.38. The van der Waals surface area contributed by atoms with Crippen molar-refractivity contribution in [2.24, 2.45) is 5.92 Å². The minimum absolute atomic E-state index is 0.705. The standard InChI is InChI=1S/C16H27N3O/c1-3-8-14-18-15(17-4-2)11-16(19-14)20-12-13-9-6-5-7-10-13/h11,13H,3-10,12H2,1-2H3,(H,17,18,19). The summed E-state index contributed by atoms with van der Waals surface area (Å²) in [6.45, 7) is 5.88. The normalized spacial score (nSPS) is 16.1. The van der Waals surface area contributed by atoms with Gasteiger partial charge < -0.3 is 10.1 Å². The van der Waals surface area contributed by atoms with Gasteiger partial charge in [0.1, 0.15) is 11.6 Å². The third-order valence-electron chi connectivity index (χ3n) is 3.77. The predicted octanol–water partition coefficient (Wildman–Crippen LogP) is 3.82. The molecule has 1 heterocycles. The van der Waals surface area contributed by atoms with Crippen LogP contribution in [0.4, 0.5) is 5.82 Å². The highest BCUT2D eigenvalue weighted by Crippen LogP contribution is 2.24. The van der Waals surface area contributed by atoms with Crippen LogP contribution in [0.3, 0.4) is 0 Å². The molecule has 0 aromatic carbocycles. The van der Waals surface area contributed by atoms with Crippen molar-refractivity contribution in [3.05, 3.63) is 11.9 Å².